The van der Waals surface area contributed by atoms with Gasteiger partial charge in [0.15, 0.2) is 0 Å². The zero-order chi connectivity index (χ0) is 11.4. The molecule has 0 aliphatic carbocycles. The molecule has 0 amide bonds. The largest absolute Gasteiger partial charge is 0.380 e. The zero-order valence-electron chi connectivity index (χ0n) is 10.1. The Labute approximate surface area is 97.6 Å². The van der Waals surface area contributed by atoms with E-state index in [2.05, 4.69) is 41.1 Å². The van der Waals surface area contributed by atoms with Gasteiger partial charge in [-0.2, -0.15) is 0 Å². The summed E-state index contributed by atoms with van der Waals surface area (Å²) in [4.78, 5) is 4.82. The van der Waals surface area contributed by atoms with Crippen LogP contribution in [-0.4, -0.2) is 45.2 Å². The number of methoxy groups -OCH3 is 1. The Hall–Kier alpha value is -1.06. The van der Waals surface area contributed by atoms with Gasteiger partial charge in [-0.3, -0.25) is 0 Å². The lowest BCUT2D eigenvalue weighted by Crippen LogP contribution is -2.44. The van der Waals surface area contributed by atoms with Crippen LogP contribution in [-0.2, 0) is 11.3 Å². The van der Waals surface area contributed by atoms with Crippen molar-refractivity contribution in [3.63, 3.8) is 0 Å². The van der Waals surface area contributed by atoms with E-state index < -0.39 is 0 Å². The molecule has 0 unspecified atom stereocenters. The molecule has 0 spiro atoms. The molecule has 1 saturated heterocycles. The minimum absolute atomic E-state index is 0.697. The van der Waals surface area contributed by atoms with Gasteiger partial charge in [0, 0.05) is 44.5 Å². The van der Waals surface area contributed by atoms with Crippen molar-refractivity contribution in [3.8, 4) is 0 Å². The van der Waals surface area contributed by atoms with Gasteiger partial charge in [0.1, 0.15) is 0 Å². The van der Waals surface area contributed by atoms with E-state index in [0.717, 1.165) is 26.2 Å². The number of hydrogen-bond donors (Lipinski definition) is 0. The van der Waals surface area contributed by atoms with E-state index in [0.29, 0.717) is 6.61 Å². The van der Waals surface area contributed by atoms with Crippen LogP contribution in [0.2, 0.25) is 0 Å². The number of ether oxygens (including phenoxy) is 1. The van der Waals surface area contributed by atoms with Crippen molar-refractivity contribution in [1.29, 1.82) is 0 Å². The Balaban J connectivity index is 2.13. The number of nitrogens with zero attached hydrogens (tertiary/aromatic N) is 2. The Morgan fingerprint density at radius 1 is 1.12 bits per heavy atom. The van der Waals surface area contributed by atoms with Gasteiger partial charge in [-0.05, 0) is 13.1 Å². The first-order valence-corrected chi connectivity index (χ1v) is 5.81. The molecular formula is C13H20N2O. The Bertz CT molecular complexity index is 332. The van der Waals surface area contributed by atoms with E-state index in [1.165, 1.54) is 11.3 Å². The summed E-state index contributed by atoms with van der Waals surface area (Å²) in [5.41, 5.74) is 2.62. The highest BCUT2D eigenvalue weighted by atomic mass is 16.5. The number of piperazine rings is 1. The Kier molecular flexibility index (Phi) is 3.80. The molecule has 1 aliphatic heterocycles. The van der Waals surface area contributed by atoms with Crippen LogP contribution in [0.1, 0.15) is 5.56 Å². The quantitative estimate of drug-likeness (QED) is 0.769. The summed E-state index contributed by atoms with van der Waals surface area (Å²) < 4.78 is 5.24. The second-order valence-electron chi connectivity index (χ2n) is 4.35. The van der Waals surface area contributed by atoms with Gasteiger partial charge in [0.05, 0.1) is 6.61 Å². The molecule has 0 atom stereocenters. The molecule has 1 aliphatic rings. The molecule has 0 aromatic heterocycles. The number of anilines is 1. The van der Waals surface area contributed by atoms with E-state index in [1.807, 2.05) is 0 Å². The number of likely N-dealkylation sites (N-methyl/N-ethyl adjacent to an activating group) is 1. The van der Waals surface area contributed by atoms with Crippen LogP contribution in [0.4, 0.5) is 5.69 Å². The van der Waals surface area contributed by atoms with E-state index in [9.17, 15) is 0 Å². The highest BCUT2D eigenvalue weighted by Crippen LogP contribution is 2.22. The second-order valence-corrected chi connectivity index (χ2v) is 4.35. The molecule has 1 aromatic carbocycles. The van der Waals surface area contributed by atoms with Crippen molar-refractivity contribution in [1.82, 2.24) is 4.90 Å². The van der Waals surface area contributed by atoms with Crippen molar-refractivity contribution >= 4 is 5.69 Å². The first kappa shape index (κ1) is 11.4. The van der Waals surface area contributed by atoms with Crippen LogP contribution in [0.15, 0.2) is 24.3 Å². The van der Waals surface area contributed by atoms with Crippen molar-refractivity contribution < 1.29 is 4.74 Å². The predicted molar refractivity (Wildman–Crippen MR) is 66.9 cm³/mol. The predicted octanol–water partition coefficient (Wildman–Crippen LogP) is 1.58. The summed E-state index contributed by atoms with van der Waals surface area (Å²) in [5.74, 6) is 0. The smallest absolute Gasteiger partial charge is 0.0733 e. The number of hydrogen-bond acceptors (Lipinski definition) is 3. The normalized spacial score (nSPS) is 17.8. The van der Waals surface area contributed by atoms with Crippen molar-refractivity contribution in [2.45, 2.75) is 6.61 Å². The zero-order valence-corrected chi connectivity index (χ0v) is 10.1. The molecule has 88 valence electrons. The molecule has 0 radical (unpaired) electrons. The summed E-state index contributed by atoms with van der Waals surface area (Å²) in [5, 5.41) is 0. The van der Waals surface area contributed by atoms with Crippen LogP contribution in [0.5, 0.6) is 0 Å². The topological polar surface area (TPSA) is 15.7 Å². The number of benzene rings is 1. The molecule has 16 heavy (non-hydrogen) atoms. The maximum absolute atomic E-state index is 5.24. The lowest BCUT2D eigenvalue weighted by molar-refractivity contribution is 0.185. The van der Waals surface area contributed by atoms with Crippen LogP contribution >= 0.6 is 0 Å². The second kappa shape index (κ2) is 5.32. The maximum atomic E-state index is 5.24. The van der Waals surface area contributed by atoms with E-state index in [-0.39, 0.29) is 0 Å². The molecule has 1 heterocycles. The minimum atomic E-state index is 0.697. The molecule has 0 N–H and O–H groups in total. The third-order valence-electron chi connectivity index (χ3n) is 3.14. The van der Waals surface area contributed by atoms with Gasteiger partial charge in [0.2, 0.25) is 0 Å². The number of para-hydroxylation sites is 1. The molecule has 2 rings (SSSR count). The minimum Gasteiger partial charge on any atom is -0.380 e. The molecule has 0 saturated carbocycles. The van der Waals surface area contributed by atoms with Gasteiger partial charge in [-0.15, -0.1) is 0 Å². The highest BCUT2D eigenvalue weighted by molar-refractivity contribution is 5.53. The van der Waals surface area contributed by atoms with Crippen molar-refractivity contribution in [2.75, 3.05) is 45.2 Å². The summed E-state index contributed by atoms with van der Waals surface area (Å²) in [6.45, 7) is 5.19. The average molecular weight is 220 g/mol. The summed E-state index contributed by atoms with van der Waals surface area (Å²) >= 11 is 0. The Morgan fingerprint density at radius 3 is 2.50 bits per heavy atom. The monoisotopic (exact) mass is 220 g/mol. The third-order valence-corrected chi connectivity index (χ3v) is 3.14. The third kappa shape index (κ3) is 2.54. The first-order chi connectivity index (χ1) is 7.81. The summed E-state index contributed by atoms with van der Waals surface area (Å²) in [6.07, 6.45) is 0. The molecule has 1 aromatic rings. The van der Waals surface area contributed by atoms with Crippen LogP contribution < -0.4 is 4.90 Å². The lowest BCUT2D eigenvalue weighted by Gasteiger charge is -2.35. The van der Waals surface area contributed by atoms with Gasteiger partial charge in [-0.1, -0.05) is 18.2 Å². The fraction of sp³-hybridized carbons (Fsp3) is 0.538. The lowest BCUT2D eigenvalue weighted by atomic mass is 10.1. The van der Waals surface area contributed by atoms with Crippen LogP contribution in [0.3, 0.4) is 0 Å². The fourth-order valence-electron chi connectivity index (χ4n) is 2.14. The SMILES string of the molecule is COCc1ccccc1N1CCN(C)CC1. The molecule has 3 heteroatoms. The van der Waals surface area contributed by atoms with E-state index in [1.54, 1.807) is 7.11 Å². The summed E-state index contributed by atoms with van der Waals surface area (Å²) in [6, 6.07) is 8.53. The maximum Gasteiger partial charge on any atom is 0.0733 e. The van der Waals surface area contributed by atoms with Gasteiger partial charge < -0.3 is 14.5 Å². The standard InChI is InChI=1S/C13H20N2O/c1-14-7-9-15(10-8-14)13-6-4-3-5-12(13)11-16-2/h3-6H,7-11H2,1-2H3. The molecular weight excluding hydrogens is 200 g/mol. The van der Waals surface area contributed by atoms with Gasteiger partial charge in [0.25, 0.3) is 0 Å². The first-order valence-electron chi connectivity index (χ1n) is 5.81. The molecule has 0 bridgehead atoms. The Morgan fingerprint density at radius 2 is 1.81 bits per heavy atom. The van der Waals surface area contributed by atoms with E-state index in [4.69, 9.17) is 4.74 Å². The molecule has 3 nitrogen and oxygen atoms in total. The van der Waals surface area contributed by atoms with Crippen molar-refractivity contribution in [2.24, 2.45) is 0 Å². The van der Waals surface area contributed by atoms with Gasteiger partial charge in [-0.25, -0.2) is 0 Å². The average Bonchev–Trinajstić information content (AvgIpc) is 2.32. The van der Waals surface area contributed by atoms with Gasteiger partial charge >= 0.3 is 0 Å². The number of rotatable bonds is 3. The summed E-state index contributed by atoms with van der Waals surface area (Å²) in [7, 11) is 3.93. The van der Waals surface area contributed by atoms with Crippen LogP contribution in [0.25, 0.3) is 0 Å². The van der Waals surface area contributed by atoms with Crippen LogP contribution in [0, 0.1) is 0 Å². The molecule has 1 fully saturated rings. The highest BCUT2D eigenvalue weighted by Gasteiger charge is 2.16. The van der Waals surface area contributed by atoms with E-state index >= 15 is 0 Å². The van der Waals surface area contributed by atoms with Crippen molar-refractivity contribution in [3.05, 3.63) is 29.8 Å². The fourth-order valence-corrected chi connectivity index (χ4v) is 2.14.